The summed E-state index contributed by atoms with van der Waals surface area (Å²) >= 11 is 2.23. The topological polar surface area (TPSA) is 29.1 Å². The molecule has 0 unspecified atom stereocenters. The van der Waals surface area contributed by atoms with Crippen LogP contribution in [0.15, 0.2) is 24.3 Å². The van der Waals surface area contributed by atoms with Crippen molar-refractivity contribution in [3.63, 3.8) is 0 Å². The van der Waals surface area contributed by atoms with Crippen molar-refractivity contribution in [3.8, 4) is 0 Å². The first-order valence-electron chi connectivity index (χ1n) is 6.71. The summed E-state index contributed by atoms with van der Waals surface area (Å²) in [7, 11) is 0. The lowest BCUT2D eigenvalue weighted by Gasteiger charge is -2.15. The lowest BCUT2D eigenvalue weighted by atomic mass is 9.99. The van der Waals surface area contributed by atoms with E-state index >= 15 is 0 Å². The van der Waals surface area contributed by atoms with Gasteiger partial charge in [-0.2, -0.15) is 0 Å². The lowest BCUT2D eigenvalue weighted by Crippen LogP contribution is -2.29. The molecule has 0 heterocycles. The van der Waals surface area contributed by atoms with Crippen LogP contribution in [0.25, 0.3) is 0 Å². The van der Waals surface area contributed by atoms with Gasteiger partial charge in [-0.3, -0.25) is 4.79 Å². The van der Waals surface area contributed by atoms with E-state index in [1.807, 2.05) is 24.3 Å². The highest BCUT2D eigenvalue weighted by Crippen LogP contribution is 2.12. The van der Waals surface area contributed by atoms with E-state index in [1.54, 1.807) is 0 Å². The Hall–Kier alpha value is -0.580. The number of hydrogen-bond donors (Lipinski definition) is 1. The Bertz CT molecular complexity index is 379. The van der Waals surface area contributed by atoms with Gasteiger partial charge < -0.3 is 5.32 Å². The molecule has 1 atom stereocenters. The predicted molar refractivity (Wildman–Crippen MR) is 84.8 cm³/mol. The second-order valence-electron chi connectivity index (χ2n) is 4.64. The zero-order chi connectivity index (χ0) is 13.4. The van der Waals surface area contributed by atoms with Crippen LogP contribution in [0.4, 0.5) is 0 Å². The van der Waals surface area contributed by atoms with Gasteiger partial charge in [0.1, 0.15) is 0 Å². The number of carbonyl (C=O) groups is 1. The van der Waals surface area contributed by atoms with Gasteiger partial charge in [-0.1, -0.05) is 39.2 Å². The quantitative estimate of drug-likeness (QED) is 0.725. The minimum absolute atomic E-state index is 0.0449. The zero-order valence-electron chi connectivity index (χ0n) is 11.2. The van der Waals surface area contributed by atoms with Crippen LogP contribution in [0.3, 0.4) is 0 Å². The Labute approximate surface area is 124 Å². The third-order valence-electron chi connectivity index (χ3n) is 3.18. The third-order valence-corrected chi connectivity index (χ3v) is 3.85. The maximum atomic E-state index is 12.0. The number of amides is 1. The first-order chi connectivity index (χ1) is 8.67. The second-order valence-corrected chi connectivity index (χ2v) is 5.88. The maximum Gasteiger partial charge on any atom is 0.251 e. The van der Waals surface area contributed by atoms with Crippen LogP contribution >= 0.6 is 22.6 Å². The van der Waals surface area contributed by atoms with E-state index < -0.39 is 0 Å². The van der Waals surface area contributed by atoms with E-state index in [2.05, 4.69) is 41.8 Å². The second kappa shape index (κ2) is 8.51. The Morgan fingerprint density at radius 2 is 2.17 bits per heavy atom. The summed E-state index contributed by atoms with van der Waals surface area (Å²) in [5, 5.41) is 3.04. The monoisotopic (exact) mass is 359 g/mol. The smallest absolute Gasteiger partial charge is 0.251 e. The summed E-state index contributed by atoms with van der Waals surface area (Å²) in [6, 6.07) is 7.70. The van der Waals surface area contributed by atoms with Crippen molar-refractivity contribution in [2.45, 2.75) is 39.5 Å². The molecule has 0 fully saturated rings. The van der Waals surface area contributed by atoms with Gasteiger partial charge in [0.25, 0.3) is 5.91 Å². The van der Waals surface area contributed by atoms with E-state index in [4.69, 9.17) is 0 Å². The van der Waals surface area contributed by atoms with E-state index in [1.165, 1.54) is 19.3 Å². The van der Waals surface area contributed by atoms with Crippen LogP contribution in [0, 0.1) is 9.49 Å². The van der Waals surface area contributed by atoms with E-state index in [0.717, 1.165) is 22.1 Å². The fourth-order valence-electron chi connectivity index (χ4n) is 1.91. The van der Waals surface area contributed by atoms with Crippen LogP contribution in [0.5, 0.6) is 0 Å². The van der Waals surface area contributed by atoms with Crippen LogP contribution in [0.2, 0.25) is 0 Å². The molecule has 2 nitrogen and oxygen atoms in total. The Balaban J connectivity index is 2.44. The molecular weight excluding hydrogens is 337 g/mol. The number of unbranched alkanes of at least 4 members (excludes halogenated alkanes) is 1. The third kappa shape index (κ3) is 5.38. The predicted octanol–water partition coefficient (Wildman–Crippen LogP) is 4.24. The van der Waals surface area contributed by atoms with Gasteiger partial charge in [0.05, 0.1) is 0 Å². The molecule has 0 radical (unpaired) electrons. The van der Waals surface area contributed by atoms with Gasteiger partial charge in [-0.25, -0.2) is 0 Å². The molecule has 18 heavy (non-hydrogen) atoms. The summed E-state index contributed by atoms with van der Waals surface area (Å²) < 4.78 is 1.10. The van der Waals surface area contributed by atoms with E-state index in [9.17, 15) is 4.79 Å². The fourth-order valence-corrected chi connectivity index (χ4v) is 2.46. The summed E-state index contributed by atoms with van der Waals surface area (Å²) in [5.74, 6) is 0.653. The molecule has 3 heteroatoms. The number of halogens is 1. The molecule has 0 bridgehead atoms. The summed E-state index contributed by atoms with van der Waals surface area (Å²) in [6.07, 6.45) is 4.81. The Kier molecular flexibility index (Phi) is 7.32. The van der Waals surface area contributed by atoms with Crippen LogP contribution < -0.4 is 5.32 Å². The molecule has 0 saturated carbocycles. The van der Waals surface area contributed by atoms with Crippen molar-refractivity contribution in [2.75, 3.05) is 6.54 Å². The summed E-state index contributed by atoms with van der Waals surface area (Å²) in [6.45, 7) is 5.19. The lowest BCUT2D eigenvalue weighted by molar-refractivity contribution is 0.0945. The number of hydrogen-bond acceptors (Lipinski definition) is 1. The highest BCUT2D eigenvalue weighted by Gasteiger charge is 2.09. The fraction of sp³-hybridized carbons (Fsp3) is 0.533. The van der Waals surface area contributed by atoms with Crippen molar-refractivity contribution in [3.05, 3.63) is 33.4 Å². The first-order valence-corrected chi connectivity index (χ1v) is 7.79. The van der Waals surface area contributed by atoms with Crippen molar-refractivity contribution in [1.82, 2.24) is 5.32 Å². The Morgan fingerprint density at radius 3 is 2.78 bits per heavy atom. The molecule has 1 aromatic carbocycles. The normalized spacial score (nSPS) is 12.2. The molecule has 0 aliphatic heterocycles. The summed E-state index contributed by atoms with van der Waals surface area (Å²) in [4.78, 5) is 12.0. The molecule has 1 N–H and O–H groups in total. The van der Waals surface area contributed by atoms with Crippen molar-refractivity contribution < 1.29 is 4.79 Å². The molecule has 0 aromatic heterocycles. The highest BCUT2D eigenvalue weighted by atomic mass is 127. The molecule has 1 rings (SSSR count). The van der Waals surface area contributed by atoms with E-state index in [-0.39, 0.29) is 5.91 Å². The van der Waals surface area contributed by atoms with Gasteiger partial charge >= 0.3 is 0 Å². The van der Waals surface area contributed by atoms with Gasteiger partial charge in [-0.05, 0) is 53.1 Å². The van der Waals surface area contributed by atoms with E-state index in [0.29, 0.717) is 5.92 Å². The molecule has 1 aromatic rings. The van der Waals surface area contributed by atoms with Crippen LogP contribution in [0.1, 0.15) is 49.9 Å². The van der Waals surface area contributed by atoms with Crippen LogP contribution in [-0.4, -0.2) is 12.5 Å². The zero-order valence-corrected chi connectivity index (χ0v) is 13.4. The average Bonchev–Trinajstić information content (AvgIpc) is 2.38. The van der Waals surface area contributed by atoms with Crippen LogP contribution in [-0.2, 0) is 0 Å². The number of benzene rings is 1. The molecule has 0 aliphatic carbocycles. The average molecular weight is 359 g/mol. The number of nitrogens with one attached hydrogen (secondary N) is 1. The minimum Gasteiger partial charge on any atom is -0.352 e. The minimum atomic E-state index is 0.0449. The molecule has 100 valence electrons. The molecule has 1 amide bonds. The SMILES string of the molecule is CCCC[C@@H](CC)CNC(=O)c1cccc(I)c1. The largest absolute Gasteiger partial charge is 0.352 e. The van der Waals surface area contributed by atoms with Gasteiger partial charge in [-0.15, -0.1) is 0 Å². The van der Waals surface area contributed by atoms with Crippen molar-refractivity contribution in [2.24, 2.45) is 5.92 Å². The molecule has 0 spiro atoms. The summed E-state index contributed by atoms with van der Waals surface area (Å²) in [5.41, 5.74) is 0.757. The van der Waals surface area contributed by atoms with Crippen molar-refractivity contribution >= 4 is 28.5 Å². The first kappa shape index (κ1) is 15.5. The van der Waals surface area contributed by atoms with Gasteiger partial charge in [0.2, 0.25) is 0 Å². The van der Waals surface area contributed by atoms with Gasteiger partial charge in [0, 0.05) is 15.7 Å². The standard InChI is InChI=1S/C15H22INO/c1-3-5-7-12(4-2)11-17-15(18)13-8-6-9-14(16)10-13/h6,8-10,12H,3-5,7,11H2,1-2H3,(H,17,18)/t12-/m1/s1. The molecule has 0 aliphatic rings. The molecule has 0 saturated heterocycles. The number of rotatable bonds is 7. The van der Waals surface area contributed by atoms with Gasteiger partial charge in [0.15, 0.2) is 0 Å². The Morgan fingerprint density at radius 1 is 1.39 bits per heavy atom. The molecular formula is C15H22INO. The number of carbonyl (C=O) groups excluding carboxylic acids is 1. The maximum absolute atomic E-state index is 12.0. The highest BCUT2D eigenvalue weighted by molar-refractivity contribution is 14.1. The van der Waals surface area contributed by atoms with Crippen molar-refractivity contribution in [1.29, 1.82) is 0 Å².